The van der Waals surface area contributed by atoms with Crippen LogP contribution in [0.3, 0.4) is 0 Å². The van der Waals surface area contributed by atoms with Gasteiger partial charge in [-0.3, -0.25) is 4.79 Å². The van der Waals surface area contributed by atoms with Crippen LogP contribution in [0.4, 0.5) is 11.5 Å². The predicted octanol–water partition coefficient (Wildman–Crippen LogP) is 0.858. The summed E-state index contributed by atoms with van der Waals surface area (Å²) in [5, 5.41) is 2.80. The van der Waals surface area contributed by atoms with Gasteiger partial charge in [-0.25, -0.2) is 4.98 Å². The summed E-state index contributed by atoms with van der Waals surface area (Å²) >= 11 is 0. The molecule has 0 aliphatic carbocycles. The molecule has 0 bridgehead atoms. The van der Waals surface area contributed by atoms with Crippen molar-refractivity contribution in [3.8, 4) is 0 Å². The number of aromatic nitrogens is 1. The number of nitrogens with one attached hydrogen (secondary N) is 1. The van der Waals surface area contributed by atoms with Crippen LogP contribution >= 0.6 is 0 Å². The molecular weight excluding hydrogens is 284 g/mol. The van der Waals surface area contributed by atoms with Crippen molar-refractivity contribution in [3.05, 3.63) is 18.3 Å². The lowest BCUT2D eigenvalue weighted by atomic mass is 10.3. The number of methoxy groups -OCH3 is 2. The Kier molecular flexibility index (Phi) is 9.13. The molecule has 7 heteroatoms. The van der Waals surface area contributed by atoms with Crippen LogP contribution in [0.5, 0.6) is 0 Å². The molecule has 124 valence electrons. The second kappa shape index (κ2) is 10.9. The van der Waals surface area contributed by atoms with E-state index in [1.807, 2.05) is 12.1 Å². The molecule has 0 radical (unpaired) electrons. The number of pyridine rings is 1. The van der Waals surface area contributed by atoms with E-state index in [2.05, 4.69) is 15.2 Å². The second-order valence-electron chi connectivity index (χ2n) is 4.82. The summed E-state index contributed by atoms with van der Waals surface area (Å²) in [6, 6.07) is 3.72. The van der Waals surface area contributed by atoms with Crippen LogP contribution in [-0.4, -0.2) is 58.0 Å². The molecule has 0 saturated heterocycles. The summed E-state index contributed by atoms with van der Waals surface area (Å²) in [5.74, 6) is 0.782. The van der Waals surface area contributed by atoms with Crippen molar-refractivity contribution in [2.75, 3.05) is 57.3 Å². The van der Waals surface area contributed by atoms with E-state index in [-0.39, 0.29) is 5.91 Å². The molecule has 0 aromatic carbocycles. The van der Waals surface area contributed by atoms with Crippen molar-refractivity contribution in [3.63, 3.8) is 0 Å². The number of nitrogens with zero attached hydrogens (tertiary/aromatic N) is 2. The number of anilines is 2. The highest BCUT2D eigenvalue weighted by atomic mass is 16.5. The summed E-state index contributed by atoms with van der Waals surface area (Å²) in [5.41, 5.74) is 6.07. The summed E-state index contributed by atoms with van der Waals surface area (Å²) < 4.78 is 10.2. The molecule has 0 aliphatic rings. The third-order valence-electron chi connectivity index (χ3n) is 3.09. The minimum absolute atomic E-state index is 0.0457. The maximum atomic E-state index is 11.6. The number of carbonyl (C=O) groups excluding carboxylic acids is 1. The first-order chi connectivity index (χ1) is 10.7. The van der Waals surface area contributed by atoms with Crippen LogP contribution in [0, 0.1) is 0 Å². The second-order valence-corrected chi connectivity index (χ2v) is 4.82. The SMILES string of the molecule is COCCN(CCOC)c1ccc(NC(=O)CCCN)cn1. The van der Waals surface area contributed by atoms with Crippen molar-refractivity contribution >= 4 is 17.4 Å². The third-order valence-corrected chi connectivity index (χ3v) is 3.09. The topological polar surface area (TPSA) is 89.7 Å². The zero-order chi connectivity index (χ0) is 16.2. The average Bonchev–Trinajstić information content (AvgIpc) is 2.54. The van der Waals surface area contributed by atoms with Gasteiger partial charge < -0.3 is 25.4 Å². The Morgan fingerprint density at radius 3 is 2.45 bits per heavy atom. The predicted molar refractivity (Wildman–Crippen MR) is 87.1 cm³/mol. The van der Waals surface area contributed by atoms with Crippen LogP contribution < -0.4 is 16.0 Å². The fourth-order valence-corrected chi connectivity index (χ4v) is 1.88. The molecule has 0 fully saturated rings. The molecule has 0 unspecified atom stereocenters. The third kappa shape index (κ3) is 6.84. The van der Waals surface area contributed by atoms with Gasteiger partial charge in [0.25, 0.3) is 0 Å². The van der Waals surface area contributed by atoms with Gasteiger partial charge in [-0.15, -0.1) is 0 Å². The van der Waals surface area contributed by atoms with E-state index >= 15 is 0 Å². The molecule has 1 aromatic heterocycles. The fourth-order valence-electron chi connectivity index (χ4n) is 1.88. The van der Waals surface area contributed by atoms with Gasteiger partial charge in [0.2, 0.25) is 5.91 Å². The van der Waals surface area contributed by atoms with Gasteiger partial charge in [-0.05, 0) is 25.1 Å². The van der Waals surface area contributed by atoms with Crippen LogP contribution in [0.2, 0.25) is 0 Å². The number of rotatable bonds is 11. The van der Waals surface area contributed by atoms with Gasteiger partial charge in [0.15, 0.2) is 0 Å². The van der Waals surface area contributed by atoms with Crippen molar-refractivity contribution in [2.24, 2.45) is 5.73 Å². The van der Waals surface area contributed by atoms with Crippen molar-refractivity contribution < 1.29 is 14.3 Å². The molecule has 0 saturated carbocycles. The van der Waals surface area contributed by atoms with E-state index in [1.165, 1.54) is 0 Å². The zero-order valence-electron chi connectivity index (χ0n) is 13.4. The standard InChI is InChI=1S/C15H26N4O3/c1-21-10-8-19(9-11-22-2)14-6-5-13(12-17-14)18-15(20)4-3-7-16/h5-6,12H,3-4,7-11,16H2,1-2H3,(H,18,20). The lowest BCUT2D eigenvalue weighted by Gasteiger charge is -2.23. The lowest BCUT2D eigenvalue weighted by molar-refractivity contribution is -0.116. The normalized spacial score (nSPS) is 10.5. The van der Waals surface area contributed by atoms with E-state index in [0.29, 0.717) is 38.3 Å². The van der Waals surface area contributed by atoms with Crippen molar-refractivity contribution in [1.29, 1.82) is 0 Å². The van der Waals surface area contributed by atoms with Gasteiger partial charge >= 0.3 is 0 Å². The van der Waals surface area contributed by atoms with E-state index in [0.717, 1.165) is 18.9 Å². The minimum atomic E-state index is -0.0457. The van der Waals surface area contributed by atoms with Crippen LogP contribution in [0.1, 0.15) is 12.8 Å². The number of hydrogen-bond donors (Lipinski definition) is 2. The molecule has 0 atom stereocenters. The minimum Gasteiger partial charge on any atom is -0.383 e. The van der Waals surface area contributed by atoms with Gasteiger partial charge in [-0.1, -0.05) is 0 Å². The Morgan fingerprint density at radius 1 is 1.27 bits per heavy atom. The Labute approximate surface area is 131 Å². The highest BCUT2D eigenvalue weighted by Gasteiger charge is 2.08. The van der Waals surface area contributed by atoms with Crippen LogP contribution in [0.25, 0.3) is 0 Å². The van der Waals surface area contributed by atoms with Crippen LogP contribution in [-0.2, 0) is 14.3 Å². The van der Waals surface area contributed by atoms with Gasteiger partial charge in [0, 0.05) is 33.7 Å². The number of hydrogen-bond acceptors (Lipinski definition) is 6. The largest absolute Gasteiger partial charge is 0.383 e. The van der Waals surface area contributed by atoms with E-state index in [9.17, 15) is 4.79 Å². The van der Waals surface area contributed by atoms with Gasteiger partial charge in [0.05, 0.1) is 25.1 Å². The highest BCUT2D eigenvalue weighted by Crippen LogP contribution is 2.14. The first kappa shape index (κ1) is 18.3. The Hall–Kier alpha value is -1.70. The number of ether oxygens (including phenoxy) is 2. The maximum Gasteiger partial charge on any atom is 0.224 e. The smallest absolute Gasteiger partial charge is 0.224 e. The molecule has 3 N–H and O–H groups in total. The molecule has 1 amide bonds. The van der Waals surface area contributed by atoms with Gasteiger partial charge in [0.1, 0.15) is 5.82 Å². The first-order valence-corrected chi connectivity index (χ1v) is 7.40. The Balaban J connectivity index is 2.61. The molecule has 7 nitrogen and oxygen atoms in total. The fraction of sp³-hybridized carbons (Fsp3) is 0.600. The molecule has 1 heterocycles. The lowest BCUT2D eigenvalue weighted by Crippen LogP contribution is -2.31. The monoisotopic (exact) mass is 310 g/mol. The molecule has 22 heavy (non-hydrogen) atoms. The highest BCUT2D eigenvalue weighted by molar-refractivity contribution is 5.90. The summed E-state index contributed by atoms with van der Waals surface area (Å²) in [4.78, 5) is 18.1. The average molecular weight is 310 g/mol. The number of amides is 1. The zero-order valence-corrected chi connectivity index (χ0v) is 13.4. The Bertz CT molecular complexity index is 417. The van der Waals surface area contributed by atoms with Crippen LogP contribution in [0.15, 0.2) is 18.3 Å². The van der Waals surface area contributed by atoms with Crippen molar-refractivity contribution in [1.82, 2.24) is 4.98 Å². The van der Waals surface area contributed by atoms with Crippen molar-refractivity contribution in [2.45, 2.75) is 12.8 Å². The van der Waals surface area contributed by atoms with Gasteiger partial charge in [-0.2, -0.15) is 0 Å². The first-order valence-electron chi connectivity index (χ1n) is 7.40. The molecule has 0 spiro atoms. The summed E-state index contributed by atoms with van der Waals surface area (Å²) in [6.07, 6.45) is 2.76. The molecule has 0 aliphatic heterocycles. The van der Waals surface area contributed by atoms with E-state index in [1.54, 1.807) is 20.4 Å². The van der Waals surface area contributed by atoms with E-state index < -0.39 is 0 Å². The van der Waals surface area contributed by atoms with E-state index in [4.69, 9.17) is 15.2 Å². The maximum absolute atomic E-state index is 11.6. The Morgan fingerprint density at radius 2 is 1.95 bits per heavy atom. The number of carbonyl (C=O) groups is 1. The molecule has 1 aromatic rings. The molecule has 1 rings (SSSR count). The summed E-state index contributed by atoms with van der Waals surface area (Å²) in [7, 11) is 3.34. The summed E-state index contributed by atoms with van der Waals surface area (Å²) in [6.45, 7) is 3.20. The number of nitrogens with two attached hydrogens (primary N) is 1. The molecular formula is C15H26N4O3. The quantitative estimate of drug-likeness (QED) is 0.630.